The zero-order valence-corrected chi connectivity index (χ0v) is 11.6. The molecule has 1 N–H and O–H groups in total. The molecule has 4 heteroatoms. The minimum absolute atomic E-state index is 0.0300. The Hall–Kier alpha value is -1.13. The van der Waals surface area contributed by atoms with Gasteiger partial charge in [0.15, 0.2) is 0 Å². The monoisotopic (exact) mass is 265 g/mol. The van der Waals surface area contributed by atoms with Crippen LogP contribution in [0.15, 0.2) is 18.2 Å². The molecule has 0 saturated heterocycles. The molecule has 1 heterocycles. The number of aryl methyl sites for hydroxylation is 1. The van der Waals surface area contributed by atoms with Gasteiger partial charge in [-0.05, 0) is 43.9 Å². The van der Waals surface area contributed by atoms with Crippen LogP contribution in [0.25, 0.3) is 6.08 Å². The number of thiophene rings is 1. The van der Waals surface area contributed by atoms with Gasteiger partial charge in [0.1, 0.15) is 0 Å². The first kappa shape index (κ1) is 13.3. The van der Waals surface area contributed by atoms with Crippen molar-refractivity contribution < 1.29 is 9.90 Å². The van der Waals surface area contributed by atoms with Crippen molar-refractivity contribution in [2.24, 2.45) is 5.92 Å². The van der Waals surface area contributed by atoms with Crippen LogP contribution in [-0.4, -0.2) is 35.6 Å². The highest BCUT2D eigenvalue weighted by Gasteiger charge is 2.28. The van der Waals surface area contributed by atoms with Crippen LogP contribution in [0.3, 0.4) is 0 Å². The highest BCUT2D eigenvalue weighted by atomic mass is 32.1. The van der Waals surface area contributed by atoms with E-state index in [4.69, 9.17) is 0 Å². The largest absolute Gasteiger partial charge is 0.393 e. The molecular weight excluding hydrogens is 246 g/mol. The molecular formula is C14H19NO2S. The van der Waals surface area contributed by atoms with E-state index in [-0.39, 0.29) is 12.0 Å². The fourth-order valence-electron chi connectivity index (χ4n) is 2.15. The number of hydrogen-bond donors (Lipinski definition) is 1. The summed E-state index contributed by atoms with van der Waals surface area (Å²) >= 11 is 1.68. The van der Waals surface area contributed by atoms with Gasteiger partial charge >= 0.3 is 0 Å². The third-order valence-corrected chi connectivity index (χ3v) is 4.24. The van der Waals surface area contributed by atoms with Crippen molar-refractivity contribution in [2.75, 3.05) is 13.6 Å². The summed E-state index contributed by atoms with van der Waals surface area (Å²) in [7, 11) is 1.82. The normalized spacial score (nSPS) is 23.1. The van der Waals surface area contributed by atoms with Gasteiger partial charge in [0.25, 0.3) is 0 Å². The lowest BCUT2D eigenvalue weighted by molar-refractivity contribution is -0.126. The van der Waals surface area contributed by atoms with E-state index in [0.29, 0.717) is 5.92 Å². The van der Waals surface area contributed by atoms with Gasteiger partial charge in [-0.15, -0.1) is 11.3 Å². The molecule has 0 atom stereocenters. The summed E-state index contributed by atoms with van der Waals surface area (Å²) in [4.78, 5) is 15.9. The Balaban J connectivity index is 1.81. The molecule has 1 aromatic heterocycles. The number of likely N-dealkylation sites (N-methyl/N-ethyl adjacent to an activating group) is 1. The third kappa shape index (κ3) is 3.43. The summed E-state index contributed by atoms with van der Waals surface area (Å²) in [6.07, 6.45) is 4.99. The number of amides is 1. The van der Waals surface area contributed by atoms with E-state index < -0.39 is 0 Å². The first-order chi connectivity index (χ1) is 8.54. The second-order valence-corrected chi connectivity index (χ2v) is 6.31. The molecule has 0 spiro atoms. The Labute approximate surface area is 112 Å². The fraction of sp³-hybridized carbons (Fsp3) is 0.500. The van der Waals surface area contributed by atoms with Crippen LogP contribution in [0.1, 0.15) is 22.6 Å². The van der Waals surface area contributed by atoms with Crippen molar-refractivity contribution in [1.82, 2.24) is 4.90 Å². The molecule has 3 nitrogen and oxygen atoms in total. The molecule has 0 radical (unpaired) electrons. The van der Waals surface area contributed by atoms with Gasteiger partial charge in [0, 0.05) is 29.4 Å². The molecule has 1 aromatic rings. The molecule has 0 aliphatic heterocycles. The molecule has 1 aliphatic rings. The van der Waals surface area contributed by atoms with Crippen molar-refractivity contribution in [3.63, 3.8) is 0 Å². The van der Waals surface area contributed by atoms with E-state index in [1.807, 2.05) is 25.3 Å². The molecule has 98 valence electrons. The third-order valence-electron chi connectivity index (χ3n) is 3.27. The first-order valence-electron chi connectivity index (χ1n) is 6.22. The summed E-state index contributed by atoms with van der Waals surface area (Å²) in [5.41, 5.74) is 0. The molecule has 1 saturated carbocycles. The molecule has 0 bridgehead atoms. The van der Waals surface area contributed by atoms with E-state index in [1.54, 1.807) is 22.3 Å². The number of aliphatic hydroxyl groups excluding tert-OH is 1. The predicted molar refractivity (Wildman–Crippen MR) is 74.5 cm³/mol. The maximum Gasteiger partial charge on any atom is 0.246 e. The summed E-state index contributed by atoms with van der Waals surface area (Å²) in [6.45, 7) is 2.79. The topological polar surface area (TPSA) is 40.5 Å². The highest BCUT2D eigenvalue weighted by molar-refractivity contribution is 7.12. The Kier molecular flexibility index (Phi) is 4.19. The van der Waals surface area contributed by atoms with Crippen LogP contribution < -0.4 is 0 Å². The lowest BCUT2D eigenvalue weighted by atomic mass is 9.82. The van der Waals surface area contributed by atoms with E-state index in [0.717, 1.165) is 24.3 Å². The van der Waals surface area contributed by atoms with Crippen LogP contribution in [0.2, 0.25) is 0 Å². The van der Waals surface area contributed by atoms with E-state index in [2.05, 4.69) is 6.92 Å². The molecule has 0 unspecified atom stereocenters. The van der Waals surface area contributed by atoms with Crippen LogP contribution >= 0.6 is 11.3 Å². The SMILES string of the molecule is Cc1ccc(C=CC(=O)N(C)CC2CC(O)C2)s1. The molecule has 1 amide bonds. The van der Waals surface area contributed by atoms with Crippen molar-refractivity contribution in [3.8, 4) is 0 Å². The van der Waals surface area contributed by atoms with E-state index in [9.17, 15) is 9.90 Å². The van der Waals surface area contributed by atoms with Crippen molar-refractivity contribution in [1.29, 1.82) is 0 Å². The van der Waals surface area contributed by atoms with Crippen molar-refractivity contribution in [3.05, 3.63) is 28.0 Å². The highest BCUT2D eigenvalue weighted by Crippen LogP contribution is 2.27. The molecule has 1 aliphatic carbocycles. The van der Waals surface area contributed by atoms with Gasteiger partial charge < -0.3 is 10.0 Å². The van der Waals surface area contributed by atoms with Crippen LogP contribution in [0.5, 0.6) is 0 Å². The maximum atomic E-state index is 11.9. The fourth-order valence-corrected chi connectivity index (χ4v) is 2.93. The van der Waals surface area contributed by atoms with Gasteiger partial charge in [-0.3, -0.25) is 4.79 Å². The number of aliphatic hydroxyl groups is 1. The molecule has 18 heavy (non-hydrogen) atoms. The zero-order chi connectivity index (χ0) is 13.1. The van der Waals surface area contributed by atoms with Crippen LogP contribution in [0, 0.1) is 12.8 Å². The second-order valence-electron chi connectivity index (χ2n) is 4.99. The summed E-state index contributed by atoms with van der Waals surface area (Å²) in [5, 5.41) is 9.21. The Morgan fingerprint density at radius 3 is 2.83 bits per heavy atom. The summed E-state index contributed by atoms with van der Waals surface area (Å²) < 4.78 is 0. The van der Waals surface area contributed by atoms with Crippen LogP contribution in [-0.2, 0) is 4.79 Å². The van der Waals surface area contributed by atoms with Crippen molar-refractivity contribution >= 4 is 23.3 Å². The summed E-state index contributed by atoms with van der Waals surface area (Å²) in [6, 6.07) is 4.07. The van der Waals surface area contributed by atoms with Gasteiger partial charge in [-0.1, -0.05) is 0 Å². The van der Waals surface area contributed by atoms with E-state index >= 15 is 0 Å². The number of hydrogen-bond acceptors (Lipinski definition) is 3. The number of carbonyl (C=O) groups is 1. The average molecular weight is 265 g/mol. The number of rotatable bonds is 4. The smallest absolute Gasteiger partial charge is 0.246 e. The van der Waals surface area contributed by atoms with Gasteiger partial charge in [0.2, 0.25) is 5.91 Å². The maximum absolute atomic E-state index is 11.9. The standard InChI is InChI=1S/C14H19NO2S/c1-10-3-4-13(18-10)5-6-14(17)15(2)9-11-7-12(16)8-11/h3-6,11-12,16H,7-9H2,1-2H3. The average Bonchev–Trinajstić information content (AvgIpc) is 2.69. The summed E-state index contributed by atoms with van der Waals surface area (Å²) in [5.74, 6) is 0.494. The lowest BCUT2D eigenvalue weighted by Crippen LogP contribution is -2.38. The molecule has 1 fully saturated rings. The van der Waals surface area contributed by atoms with Crippen LogP contribution in [0.4, 0.5) is 0 Å². The quantitative estimate of drug-likeness (QED) is 0.849. The minimum atomic E-state index is -0.150. The second kappa shape index (κ2) is 5.67. The minimum Gasteiger partial charge on any atom is -0.393 e. The Bertz CT molecular complexity index is 446. The Morgan fingerprint density at radius 2 is 2.28 bits per heavy atom. The van der Waals surface area contributed by atoms with Gasteiger partial charge in [-0.25, -0.2) is 0 Å². The molecule has 2 rings (SSSR count). The number of nitrogens with zero attached hydrogens (tertiary/aromatic N) is 1. The Morgan fingerprint density at radius 1 is 1.56 bits per heavy atom. The van der Waals surface area contributed by atoms with Gasteiger partial charge in [-0.2, -0.15) is 0 Å². The first-order valence-corrected chi connectivity index (χ1v) is 7.04. The molecule has 0 aromatic carbocycles. The number of carbonyl (C=O) groups excluding carboxylic acids is 1. The van der Waals surface area contributed by atoms with E-state index in [1.165, 1.54) is 4.88 Å². The predicted octanol–water partition coefficient (Wildman–Crippen LogP) is 2.30. The lowest BCUT2D eigenvalue weighted by Gasteiger charge is -2.34. The van der Waals surface area contributed by atoms with Crippen molar-refractivity contribution in [2.45, 2.75) is 25.9 Å². The zero-order valence-electron chi connectivity index (χ0n) is 10.8. The van der Waals surface area contributed by atoms with Gasteiger partial charge in [0.05, 0.1) is 6.10 Å².